The van der Waals surface area contributed by atoms with E-state index in [1.807, 2.05) is 25.1 Å². The Morgan fingerprint density at radius 3 is 2.57 bits per heavy atom. The van der Waals surface area contributed by atoms with Gasteiger partial charge in [0, 0.05) is 30.7 Å². The standard InChI is InChI=1S/C15H21BrN2O3/c1-3-21-15(20)18-8-6-17(7-9-18)14-5-4-12(11(2)19)10-13(14)16/h4-5,10-11,19H,3,6-9H2,1-2H3. The zero-order valence-electron chi connectivity index (χ0n) is 12.4. The number of hydrogen-bond donors (Lipinski definition) is 1. The van der Waals surface area contributed by atoms with Gasteiger partial charge in [-0.05, 0) is 47.5 Å². The van der Waals surface area contributed by atoms with Crippen LogP contribution in [0.5, 0.6) is 0 Å². The van der Waals surface area contributed by atoms with Crippen LogP contribution in [0.25, 0.3) is 0 Å². The molecule has 1 unspecified atom stereocenters. The van der Waals surface area contributed by atoms with Gasteiger partial charge in [-0.1, -0.05) is 6.07 Å². The summed E-state index contributed by atoms with van der Waals surface area (Å²) in [6, 6.07) is 5.88. The first-order valence-electron chi connectivity index (χ1n) is 7.17. The monoisotopic (exact) mass is 356 g/mol. The molecule has 1 atom stereocenters. The maximum atomic E-state index is 11.7. The number of rotatable bonds is 3. The van der Waals surface area contributed by atoms with Crippen LogP contribution < -0.4 is 4.90 Å². The summed E-state index contributed by atoms with van der Waals surface area (Å²) in [4.78, 5) is 15.6. The number of amides is 1. The quantitative estimate of drug-likeness (QED) is 0.904. The number of ether oxygens (including phenoxy) is 1. The Labute approximate surface area is 133 Å². The summed E-state index contributed by atoms with van der Waals surface area (Å²) in [7, 11) is 0. The van der Waals surface area contributed by atoms with Gasteiger partial charge in [0.25, 0.3) is 0 Å². The largest absolute Gasteiger partial charge is 0.450 e. The Balaban J connectivity index is 2.01. The fourth-order valence-electron chi connectivity index (χ4n) is 2.38. The molecular formula is C15H21BrN2O3. The summed E-state index contributed by atoms with van der Waals surface area (Å²) >= 11 is 3.56. The molecule has 0 aromatic heterocycles. The number of anilines is 1. The number of carbonyl (C=O) groups is 1. The molecule has 1 aliphatic heterocycles. The van der Waals surface area contributed by atoms with E-state index in [0.717, 1.165) is 28.8 Å². The summed E-state index contributed by atoms with van der Waals surface area (Å²) in [6.07, 6.45) is -0.711. The van der Waals surface area contributed by atoms with Crippen molar-refractivity contribution >= 4 is 27.7 Å². The first kappa shape index (κ1) is 16.1. The average Bonchev–Trinajstić information content (AvgIpc) is 2.47. The topological polar surface area (TPSA) is 53.0 Å². The minimum absolute atomic E-state index is 0.235. The van der Waals surface area contributed by atoms with Crippen LogP contribution in [-0.2, 0) is 4.74 Å². The van der Waals surface area contributed by atoms with Crippen molar-refractivity contribution in [2.75, 3.05) is 37.7 Å². The van der Waals surface area contributed by atoms with Crippen LogP contribution in [0.15, 0.2) is 22.7 Å². The lowest BCUT2D eigenvalue weighted by atomic mass is 10.1. The summed E-state index contributed by atoms with van der Waals surface area (Å²) in [5.74, 6) is 0. The summed E-state index contributed by atoms with van der Waals surface area (Å²) in [5.41, 5.74) is 1.97. The third kappa shape index (κ3) is 3.89. The molecule has 1 N–H and O–H groups in total. The summed E-state index contributed by atoms with van der Waals surface area (Å²) < 4.78 is 5.98. The lowest BCUT2D eigenvalue weighted by Gasteiger charge is -2.36. The smallest absolute Gasteiger partial charge is 0.409 e. The Bertz CT molecular complexity index is 500. The molecule has 6 heteroatoms. The van der Waals surface area contributed by atoms with Crippen LogP contribution in [-0.4, -0.2) is 48.9 Å². The molecule has 2 rings (SSSR count). The molecule has 1 fully saturated rings. The third-order valence-corrected chi connectivity index (χ3v) is 4.24. The number of halogens is 1. The zero-order valence-corrected chi connectivity index (χ0v) is 14.0. The van der Waals surface area contributed by atoms with Crippen LogP contribution in [0.1, 0.15) is 25.5 Å². The normalized spacial score (nSPS) is 16.8. The first-order chi connectivity index (χ1) is 10.0. The highest BCUT2D eigenvalue weighted by Crippen LogP contribution is 2.30. The molecule has 1 amide bonds. The van der Waals surface area contributed by atoms with Crippen molar-refractivity contribution in [3.05, 3.63) is 28.2 Å². The number of benzene rings is 1. The minimum Gasteiger partial charge on any atom is -0.450 e. The number of aliphatic hydroxyl groups excluding tert-OH is 1. The molecule has 5 nitrogen and oxygen atoms in total. The number of nitrogens with zero attached hydrogens (tertiary/aromatic N) is 2. The van der Waals surface area contributed by atoms with Crippen LogP contribution in [0.4, 0.5) is 10.5 Å². The number of aliphatic hydroxyl groups is 1. The van der Waals surface area contributed by atoms with E-state index >= 15 is 0 Å². The number of carbonyl (C=O) groups excluding carboxylic acids is 1. The van der Waals surface area contributed by atoms with Gasteiger partial charge in [-0.2, -0.15) is 0 Å². The molecule has 1 aromatic carbocycles. The van der Waals surface area contributed by atoms with Crippen LogP contribution in [0.2, 0.25) is 0 Å². The molecule has 0 bridgehead atoms. The van der Waals surface area contributed by atoms with E-state index in [4.69, 9.17) is 4.74 Å². The third-order valence-electron chi connectivity index (χ3n) is 3.60. The van der Waals surface area contributed by atoms with Gasteiger partial charge < -0.3 is 19.6 Å². The molecule has 0 spiro atoms. The summed E-state index contributed by atoms with van der Waals surface area (Å²) in [6.45, 7) is 6.82. The Morgan fingerprint density at radius 1 is 1.38 bits per heavy atom. The van der Waals surface area contributed by atoms with Gasteiger partial charge in [0.2, 0.25) is 0 Å². The van der Waals surface area contributed by atoms with E-state index in [9.17, 15) is 9.90 Å². The lowest BCUT2D eigenvalue weighted by Crippen LogP contribution is -2.49. The van der Waals surface area contributed by atoms with Crippen molar-refractivity contribution in [3.63, 3.8) is 0 Å². The van der Waals surface area contributed by atoms with E-state index in [0.29, 0.717) is 19.7 Å². The van der Waals surface area contributed by atoms with Gasteiger partial charge in [-0.3, -0.25) is 0 Å². The number of hydrogen-bond acceptors (Lipinski definition) is 4. The van der Waals surface area contributed by atoms with Crippen molar-refractivity contribution in [2.24, 2.45) is 0 Å². The van der Waals surface area contributed by atoms with Crippen molar-refractivity contribution in [1.82, 2.24) is 4.90 Å². The van der Waals surface area contributed by atoms with E-state index in [2.05, 4.69) is 20.8 Å². The fraction of sp³-hybridized carbons (Fsp3) is 0.533. The molecule has 116 valence electrons. The van der Waals surface area contributed by atoms with Crippen molar-refractivity contribution in [2.45, 2.75) is 20.0 Å². The SMILES string of the molecule is CCOC(=O)N1CCN(c2ccc(C(C)O)cc2Br)CC1. The lowest BCUT2D eigenvalue weighted by molar-refractivity contribution is 0.105. The Hall–Kier alpha value is -1.27. The molecule has 1 saturated heterocycles. The van der Waals surface area contributed by atoms with Crippen LogP contribution in [0, 0.1) is 0 Å². The second-order valence-electron chi connectivity index (χ2n) is 5.06. The van der Waals surface area contributed by atoms with Gasteiger partial charge in [-0.15, -0.1) is 0 Å². The van der Waals surface area contributed by atoms with E-state index in [1.54, 1.807) is 11.8 Å². The molecular weight excluding hydrogens is 336 g/mol. The van der Waals surface area contributed by atoms with Crippen LogP contribution in [0.3, 0.4) is 0 Å². The molecule has 0 radical (unpaired) electrons. The second-order valence-corrected chi connectivity index (χ2v) is 5.91. The van der Waals surface area contributed by atoms with Crippen LogP contribution >= 0.6 is 15.9 Å². The Morgan fingerprint density at radius 2 is 2.05 bits per heavy atom. The van der Waals surface area contributed by atoms with E-state index in [1.165, 1.54) is 0 Å². The average molecular weight is 357 g/mol. The van der Waals surface area contributed by atoms with Gasteiger partial charge in [-0.25, -0.2) is 4.79 Å². The maximum absolute atomic E-state index is 11.7. The Kier molecular flexibility index (Phi) is 5.47. The molecule has 0 aliphatic carbocycles. The van der Waals surface area contributed by atoms with Gasteiger partial charge in [0.15, 0.2) is 0 Å². The molecule has 21 heavy (non-hydrogen) atoms. The predicted molar refractivity (Wildman–Crippen MR) is 85.6 cm³/mol. The van der Waals surface area contributed by atoms with Gasteiger partial charge >= 0.3 is 6.09 Å². The minimum atomic E-state index is -0.476. The molecule has 0 saturated carbocycles. The van der Waals surface area contributed by atoms with Crippen molar-refractivity contribution < 1.29 is 14.6 Å². The zero-order chi connectivity index (χ0) is 15.4. The highest BCUT2D eigenvalue weighted by molar-refractivity contribution is 9.10. The fourth-order valence-corrected chi connectivity index (χ4v) is 3.03. The number of piperazine rings is 1. The molecule has 1 heterocycles. The van der Waals surface area contributed by atoms with Crippen molar-refractivity contribution in [1.29, 1.82) is 0 Å². The predicted octanol–water partition coefficient (Wildman–Crippen LogP) is 2.78. The second kappa shape index (κ2) is 7.13. The summed E-state index contributed by atoms with van der Waals surface area (Å²) in [5, 5.41) is 9.60. The van der Waals surface area contributed by atoms with Gasteiger partial charge in [0.05, 0.1) is 18.4 Å². The first-order valence-corrected chi connectivity index (χ1v) is 7.96. The maximum Gasteiger partial charge on any atom is 0.409 e. The highest BCUT2D eigenvalue weighted by atomic mass is 79.9. The van der Waals surface area contributed by atoms with Crippen molar-refractivity contribution in [3.8, 4) is 0 Å². The van der Waals surface area contributed by atoms with Gasteiger partial charge in [0.1, 0.15) is 0 Å². The molecule has 1 aromatic rings. The molecule has 1 aliphatic rings. The highest BCUT2D eigenvalue weighted by Gasteiger charge is 2.23. The van der Waals surface area contributed by atoms with E-state index in [-0.39, 0.29) is 6.09 Å². The van der Waals surface area contributed by atoms with E-state index < -0.39 is 6.10 Å².